The van der Waals surface area contributed by atoms with E-state index >= 15 is 0 Å². The fraction of sp³-hybridized carbons (Fsp3) is 0.765. The van der Waals surface area contributed by atoms with Gasteiger partial charge in [-0.15, -0.1) is 5.10 Å². The van der Waals surface area contributed by atoms with Crippen molar-refractivity contribution in [3.63, 3.8) is 0 Å². The Kier molecular flexibility index (Phi) is 4.90. The lowest BCUT2D eigenvalue weighted by atomic mass is 9.95. The van der Waals surface area contributed by atoms with Crippen LogP contribution in [0.25, 0.3) is 0 Å². The molecule has 1 N–H and O–H groups in total. The first-order valence-electron chi connectivity index (χ1n) is 9.51. The van der Waals surface area contributed by atoms with Gasteiger partial charge in [0, 0.05) is 58.9 Å². The third-order valence-electron chi connectivity index (χ3n) is 5.86. The van der Waals surface area contributed by atoms with Crippen LogP contribution in [0.1, 0.15) is 23.3 Å². The molecule has 26 heavy (non-hydrogen) atoms. The predicted octanol–water partition coefficient (Wildman–Crippen LogP) is -1.12. The summed E-state index contributed by atoms with van der Waals surface area (Å²) >= 11 is 0. The molecule has 1 aromatic heterocycles. The highest BCUT2D eigenvalue weighted by Crippen LogP contribution is 2.28. The fourth-order valence-corrected chi connectivity index (χ4v) is 4.17. The molecule has 0 spiro atoms. The summed E-state index contributed by atoms with van der Waals surface area (Å²) in [5.74, 6) is -0.0277. The molecular weight excluding hydrogens is 334 g/mol. The van der Waals surface area contributed by atoms with Gasteiger partial charge in [-0.25, -0.2) is 0 Å². The van der Waals surface area contributed by atoms with E-state index in [4.69, 9.17) is 0 Å². The maximum absolute atomic E-state index is 12.9. The van der Waals surface area contributed by atoms with Crippen LogP contribution in [0.4, 0.5) is 0 Å². The average molecular weight is 361 g/mol. The number of piperazine rings is 1. The van der Waals surface area contributed by atoms with Gasteiger partial charge in [-0.3, -0.25) is 19.2 Å². The van der Waals surface area contributed by atoms with Crippen LogP contribution in [0.15, 0.2) is 6.20 Å². The van der Waals surface area contributed by atoms with Crippen LogP contribution in [-0.2, 0) is 11.3 Å². The maximum Gasteiger partial charge on any atom is 0.276 e. The van der Waals surface area contributed by atoms with Crippen molar-refractivity contribution in [2.45, 2.75) is 25.4 Å². The summed E-state index contributed by atoms with van der Waals surface area (Å²) in [5.41, 5.74) is 0.377. The Morgan fingerprint density at radius 2 is 2.04 bits per heavy atom. The van der Waals surface area contributed by atoms with E-state index in [2.05, 4.69) is 20.5 Å². The molecule has 0 unspecified atom stereocenters. The predicted molar refractivity (Wildman–Crippen MR) is 94.5 cm³/mol. The van der Waals surface area contributed by atoms with Crippen LogP contribution in [-0.4, -0.2) is 100 Å². The molecule has 4 fully saturated rings. The molecule has 4 aliphatic rings. The second-order valence-electron chi connectivity index (χ2n) is 7.55. The van der Waals surface area contributed by atoms with Gasteiger partial charge in [0.2, 0.25) is 5.91 Å². The number of piperidine rings is 1. The van der Waals surface area contributed by atoms with Gasteiger partial charge in [0.25, 0.3) is 5.91 Å². The highest BCUT2D eigenvalue weighted by Gasteiger charge is 2.40. The highest BCUT2D eigenvalue weighted by molar-refractivity contribution is 5.93. The summed E-state index contributed by atoms with van der Waals surface area (Å²) < 4.78 is 1.75. The van der Waals surface area contributed by atoms with Gasteiger partial charge in [0.15, 0.2) is 5.69 Å². The molecule has 1 aromatic rings. The molecule has 2 bridgehead atoms. The number of carbonyl (C=O) groups excluding carboxylic acids is 2. The molecule has 2 amide bonds. The van der Waals surface area contributed by atoms with Crippen LogP contribution in [0.5, 0.6) is 0 Å². The van der Waals surface area contributed by atoms with Gasteiger partial charge in [0.1, 0.15) is 0 Å². The highest BCUT2D eigenvalue weighted by atomic mass is 16.2. The first-order chi connectivity index (χ1) is 12.6. The number of fused-ring (bicyclic) bond motifs is 4. The van der Waals surface area contributed by atoms with E-state index in [0.717, 1.165) is 52.1 Å². The molecule has 9 nitrogen and oxygen atoms in total. The first kappa shape index (κ1) is 17.4. The van der Waals surface area contributed by atoms with Gasteiger partial charge in [-0.05, 0) is 12.8 Å². The van der Waals surface area contributed by atoms with Gasteiger partial charge >= 0.3 is 0 Å². The Bertz CT molecular complexity index is 670. The van der Waals surface area contributed by atoms with Gasteiger partial charge in [-0.2, -0.15) is 0 Å². The SMILES string of the molecule is CN1C(=O)[C@@H]2CC[C@H]1CN(C(=O)c1cn(CCN3CCNCC3)nn1)C2. The quantitative estimate of drug-likeness (QED) is 0.731. The van der Waals surface area contributed by atoms with Crippen molar-refractivity contribution in [1.29, 1.82) is 0 Å². The molecule has 0 radical (unpaired) electrons. The molecule has 4 aliphatic heterocycles. The zero-order valence-corrected chi connectivity index (χ0v) is 15.3. The van der Waals surface area contributed by atoms with Crippen molar-refractivity contribution in [3.8, 4) is 0 Å². The summed E-state index contributed by atoms with van der Waals surface area (Å²) in [7, 11) is 1.85. The molecule has 142 valence electrons. The second kappa shape index (κ2) is 7.32. The van der Waals surface area contributed by atoms with E-state index < -0.39 is 0 Å². The zero-order valence-electron chi connectivity index (χ0n) is 15.3. The molecule has 4 saturated heterocycles. The van der Waals surface area contributed by atoms with Gasteiger partial charge < -0.3 is 15.1 Å². The molecule has 0 aliphatic carbocycles. The van der Waals surface area contributed by atoms with Crippen LogP contribution in [0.3, 0.4) is 0 Å². The average Bonchev–Trinajstić information content (AvgIpc) is 2.98. The third kappa shape index (κ3) is 3.45. The summed E-state index contributed by atoms with van der Waals surface area (Å²) in [6.07, 6.45) is 3.58. The van der Waals surface area contributed by atoms with Crippen molar-refractivity contribution in [3.05, 3.63) is 11.9 Å². The minimum Gasteiger partial charge on any atom is -0.341 e. The number of carbonyl (C=O) groups is 2. The van der Waals surface area contributed by atoms with Crippen molar-refractivity contribution in [2.24, 2.45) is 5.92 Å². The minimum absolute atomic E-state index is 0.0783. The van der Waals surface area contributed by atoms with Crippen molar-refractivity contribution in [2.75, 3.05) is 52.9 Å². The molecule has 5 rings (SSSR count). The molecule has 0 saturated carbocycles. The van der Waals surface area contributed by atoms with E-state index in [0.29, 0.717) is 18.8 Å². The summed E-state index contributed by atoms with van der Waals surface area (Å²) in [5, 5.41) is 11.5. The molecule has 9 heteroatoms. The Labute approximate surface area is 153 Å². The number of nitrogens with one attached hydrogen (secondary N) is 1. The lowest BCUT2D eigenvalue weighted by Gasteiger charge is -2.32. The van der Waals surface area contributed by atoms with E-state index in [-0.39, 0.29) is 23.8 Å². The number of nitrogens with zero attached hydrogens (tertiary/aromatic N) is 6. The van der Waals surface area contributed by atoms with Crippen LogP contribution >= 0.6 is 0 Å². The number of amides is 2. The lowest BCUT2D eigenvalue weighted by Crippen LogP contribution is -2.45. The molecular formula is C17H27N7O2. The maximum atomic E-state index is 12.9. The topological polar surface area (TPSA) is 86.6 Å². The van der Waals surface area contributed by atoms with Crippen molar-refractivity contribution >= 4 is 11.8 Å². The second-order valence-corrected chi connectivity index (χ2v) is 7.55. The minimum atomic E-state index is -0.113. The van der Waals surface area contributed by atoms with Crippen LogP contribution in [0, 0.1) is 5.92 Å². The number of rotatable bonds is 4. The van der Waals surface area contributed by atoms with E-state index in [9.17, 15) is 9.59 Å². The van der Waals surface area contributed by atoms with Crippen LogP contribution < -0.4 is 5.32 Å². The van der Waals surface area contributed by atoms with Crippen molar-refractivity contribution in [1.82, 2.24) is 35.0 Å². The van der Waals surface area contributed by atoms with Crippen molar-refractivity contribution < 1.29 is 9.59 Å². The Hall–Kier alpha value is -2.00. The summed E-state index contributed by atoms with van der Waals surface area (Å²) in [4.78, 5) is 31.1. The number of hydrogen-bond donors (Lipinski definition) is 1. The fourth-order valence-electron chi connectivity index (χ4n) is 4.17. The number of aromatic nitrogens is 3. The van der Waals surface area contributed by atoms with Gasteiger partial charge in [-0.1, -0.05) is 5.21 Å². The Morgan fingerprint density at radius 3 is 2.85 bits per heavy atom. The zero-order chi connectivity index (χ0) is 18.1. The molecule has 5 heterocycles. The van der Waals surface area contributed by atoms with Crippen LogP contribution in [0.2, 0.25) is 0 Å². The van der Waals surface area contributed by atoms with E-state index in [1.807, 2.05) is 11.9 Å². The normalized spacial score (nSPS) is 27.0. The standard InChI is InChI=1S/C17H27N7O2/c1-21-14-3-2-13(16(21)25)10-23(11-14)17(26)15-12-24(20-19-15)9-8-22-6-4-18-5-7-22/h12-14,18H,2-11H2,1H3/t13-,14+/m1/s1. The smallest absolute Gasteiger partial charge is 0.276 e. The summed E-state index contributed by atoms with van der Waals surface area (Å²) in [6.45, 7) is 6.84. The molecule has 0 aromatic carbocycles. The Balaban J connectivity index is 1.38. The monoisotopic (exact) mass is 361 g/mol. The largest absolute Gasteiger partial charge is 0.341 e. The lowest BCUT2D eigenvalue weighted by molar-refractivity contribution is -0.138. The molecule has 2 atom stereocenters. The van der Waals surface area contributed by atoms with Gasteiger partial charge in [0.05, 0.1) is 18.7 Å². The van der Waals surface area contributed by atoms with E-state index in [1.54, 1.807) is 15.8 Å². The third-order valence-corrected chi connectivity index (χ3v) is 5.86. The Morgan fingerprint density at radius 1 is 1.23 bits per heavy atom. The summed E-state index contributed by atoms with van der Waals surface area (Å²) in [6, 6.07) is 0.118. The number of likely N-dealkylation sites (N-methyl/N-ethyl adjacent to an activating group) is 1. The van der Waals surface area contributed by atoms with E-state index in [1.165, 1.54) is 0 Å². The first-order valence-corrected chi connectivity index (χ1v) is 9.51. The number of hydrogen-bond acceptors (Lipinski definition) is 6.